The molecule has 4 fully saturated rings. The maximum Gasteiger partial charge on any atom is 0.0406 e. The van der Waals surface area contributed by atoms with Crippen molar-refractivity contribution in [2.75, 3.05) is 0 Å². The molecule has 4 bridgehead atoms. The van der Waals surface area contributed by atoms with Gasteiger partial charge in [0.15, 0.2) is 0 Å². The molecule has 2 unspecified atom stereocenters. The highest BCUT2D eigenvalue weighted by Gasteiger charge is 2.59. The summed E-state index contributed by atoms with van der Waals surface area (Å²) in [5.74, 6) is 1.83. The molecule has 0 saturated heterocycles. The number of nitrogens with one attached hydrogen (secondary N) is 1. The molecular formula is C28H34ClN. The van der Waals surface area contributed by atoms with E-state index in [1.165, 1.54) is 57.8 Å². The number of hydrogen-bond donors (Lipinski definition) is 1. The number of benzene rings is 2. The monoisotopic (exact) mass is 419 g/mol. The molecule has 30 heavy (non-hydrogen) atoms. The zero-order valence-electron chi connectivity index (χ0n) is 18.2. The van der Waals surface area contributed by atoms with Crippen LogP contribution in [0.5, 0.6) is 0 Å². The van der Waals surface area contributed by atoms with Crippen LogP contribution in [0.2, 0.25) is 5.02 Å². The lowest BCUT2D eigenvalue weighted by Gasteiger charge is -2.64. The lowest BCUT2D eigenvalue weighted by atomic mass is 9.41. The van der Waals surface area contributed by atoms with E-state index in [2.05, 4.69) is 60.8 Å². The van der Waals surface area contributed by atoms with Crippen LogP contribution in [-0.4, -0.2) is 12.1 Å². The Balaban J connectivity index is 1.25. The van der Waals surface area contributed by atoms with Crippen molar-refractivity contribution < 1.29 is 0 Å². The normalized spacial score (nSPS) is 37.7. The zero-order chi connectivity index (χ0) is 20.3. The third-order valence-electron chi connectivity index (χ3n) is 9.31. The largest absolute Gasteiger partial charge is 0.311 e. The Labute approximate surface area is 186 Å². The topological polar surface area (TPSA) is 12.0 Å². The van der Waals surface area contributed by atoms with E-state index >= 15 is 0 Å². The molecule has 2 heteroatoms. The number of halogens is 1. The summed E-state index contributed by atoms with van der Waals surface area (Å²) in [5.41, 5.74) is 5.56. The summed E-state index contributed by atoms with van der Waals surface area (Å²) in [6, 6.07) is 19.2. The van der Waals surface area contributed by atoms with Crippen molar-refractivity contribution in [1.82, 2.24) is 5.32 Å². The lowest BCUT2D eigenvalue weighted by Crippen LogP contribution is -2.61. The first-order chi connectivity index (χ1) is 14.5. The highest BCUT2D eigenvalue weighted by Crippen LogP contribution is 2.66. The van der Waals surface area contributed by atoms with Crippen LogP contribution in [0.4, 0.5) is 0 Å². The van der Waals surface area contributed by atoms with Crippen molar-refractivity contribution in [2.24, 2.45) is 17.3 Å². The Morgan fingerprint density at radius 3 is 2.37 bits per heavy atom. The first-order valence-electron chi connectivity index (χ1n) is 12.1. The van der Waals surface area contributed by atoms with E-state index in [-0.39, 0.29) is 0 Å². The molecule has 7 rings (SSSR count). The average Bonchev–Trinajstić information content (AvgIpc) is 2.73. The van der Waals surface area contributed by atoms with Gasteiger partial charge in [0, 0.05) is 17.1 Å². The molecule has 2 aromatic rings. The predicted octanol–water partition coefficient (Wildman–Crippen LogP) is 6.71. The van der Waals surface area contributed by atoms with Crippen LogP contribution in [0, 0.1) is 17.3 Å². The molecule has 6 atom stereocenters. The fraction of sp³-hybridized carbons (Fsp3) is 0.571. The van der Waals surface area contributed by atoms with E-state index in [0.29, 0.717) is 22.9 Å². The average molecular weight is 420 g/mol. The van der Waals surface area contributed by atoms with Gasteiger partial charge in [-0.25, -0.2) is 0 Å². The first-order valence-corrected chi connectivity index (χ1v) is 12.5. The van der Waals surface area contributed by atoms with Gasteiger partial charge in [-0.2, -0.15) is 0 Å². The van der Waals surface area contributed by atoms with Gasteiger partial charge < -0.3 is 5.32 Å². The van der Waals surface area contributed by atoms with Crippen LogP contribution >= 0.6 is 11.6 Å². The summed E-state index contributed by atoms with van der Waals surface area (Å²) in [5, 5.41) is 5.04. The van der Waals surface area contributed by atoms with Crippen LogP contribution in [0.1, 0.15) is 68.6 Å². The summed E-state index contributed by atoms with van der Waals surface area (Å²) in [6.07, 6.45) is 12.2. The van der Waals surface area contributed by atoms with E-state index in [1.54, 1.807) is 16.7 Å². The van der Waals surface area contributed by atoms with Crippen LogP contribution < -0.4 is 5.32 Å². The van der Waals surface area contributed by atoms with Crippen molar-refractivity contribution in [2.45, 2.75) is 82.2 Å². The molecule has 0 spiro atoms. The van der Waals surface area contributed by atoms with E-state index in [0.717, 1.165) is 16.9 Å². The van der Waals surface area contributed by atoms with Crippen LogP contribution in [0.25, 0.3) is 0 Å². The van der Waals surface area contributed by atoms with Gasteiger partial charge in [-0.1, -0.05) is 48.0 Å². The second kappa shape index (κ2) is 7.10. The minimum absolute atomic E-state index is 0.393. The second-order valence-corrected chi connectivity index (χ2v) is 11.6. The summed E-state index contributed by atoms with van der Waals surface area (Å²) in [6.45, 7) is 2.52. The second-order valence-electron chi connectivity index (χ2n) is 11.2. The Hall–Kier alpha value is -1.31. The number of aryl methyl sites for hydroxylation is 1. The Morgan fingerprint density at radius 2 is 1.63 bits per heavy atom. The Bertz CT molecular complexity index is 918. The van der Waals surface area contributed by atoms with E-state index in [9.17, 15) is 0 Å². The molecule has 4 saturated carbocycles. The molecule has 0 heterocycles. The van der Waals surface area contributed by atoms with E-state index < -0.39 is 0 Å². The summed E-state index contributed by atoms with van der Waals surface area (Å²) < 4.78 is 0. The van der Waals surface area contributed by atoms with Crippen molar-refractivity contribution in [1.29, 1.82) is 0 Å². The van der Waals surface area contributed by atoms with Gasteiger partial charge in [0.2, 0.25) is 0 Å². The number of fused-ring (bicyclic) bond motifs is 1. The number of hydrogen-bond acceptors (Lipinski definition) is 1. The third-order valence-corrected chi connectivity index (χ3v) is 9.57. The van der Waals surface area contributed by atoms with Crippen molar-refractivity contribution in [3.8, 4) is 0 Å². The molecule has 0 amide bonds. The molecule has 0 aromatic heterocycles. The minimum atomic E-state index is 0.393. The molecule has 5 aliphatic carbocycles. The van der Waals surface area contributed by atoms with E-state index in [1.807, 2.05) is 0 Å². The van der Waals surface area contributed by atoms with Crippen molar-refractivity contribution >= 4 is 11.6 Å². The van der Waals surface area contributed by atoms with Crippen molar-refractivity contribution in [3.05, 3.63) is 70.2 Å². The van der Waals surface area contributed by atoms with Gasteiger partial charge in [-0.3, -0.25) is 0 Å². The van der Waals surface area contributed by atoms with Gasteiger partial charge in [0.25, 0.3) is 0 Å². The maximum atomic E-state index is 6.23. The molecule has 0 aliphatic heterocycles. The Kier molecular flexibility index (Phi) is 4.59. The Morgan fingerprint density at radius 1 is 0.933 bits per heavy atom. The zero-order valence-corrected chi connectivity index (χ0v) is 18.9. The predicted molar refractivity (Wildman–Crippen MR) is 125 cm³/mol. The standard InChI is InChI=1S/C28H34ClN/c1-19(30-26-11-6-22-4-2-3-5-23(22)13-26)27-14-20-12-21(15-27)17-28(16-20,18-27)24-7-9-25(29)10-8-24/h2-5,7-10,19-21,26,30H,6,11-18H2,1H3/t19-,20-,21+,26+,27?,28?/m0/s1. The van der Waals surface area contributed by atoms with Gasteiger partial charge in [0.05, 0.1) is 0 Å². The smallest absolute Gasteiger partial charge is 0.0406 e. The van der Waals surface area contributed by atoms with E-state index in [4.69, 9.17) is 11.6 Å². The lowest BCUT2D eigenvalue weighted by molar-refractivity contribution is -0.0897. The number of rotatable bonds is 4. The summed E-state index contributed by atoms with van der Waals surface area (Å²) in [4.78, 5) is 0. The molecular weight excluding hydrogens is 386 g/mol. The molecule has 2 aromatic carbocycles. The maximum absolute atomic E-state index is 6.23. The molecule has 0 radical (unpaired) electrons. The molecule has 1 N–H and O–H groups in total. The van der Waals surface area contributed by atoms with Crippen LogP contribution in [0.3, 0.4) is 0 Å². The fourth-order valence-electron chi connectivity index (χ4n) is 8.35. The summed E-state index contributed by atoms with van der Waals surface area (Å²) >= 11 is 6.23. The highest BCUT2D eigenvalue weighted by atomic mass is 35.5. The molecule has 1 nitrogen and oxygen atoms in total. The fourth-order valence-corrected chi connectivity index (χ4v) is 8.48. The highest BCUT2D eigenvalue weighted by molar-refractivity contribution is 6.30. The van der Waals surface area contributed by atoms with Gasteiger partial charge in [-0.05, 0) is 116 Å². The van der Waals surface area contributed by atoms with Gasteiger partial charge >= 0.3 is 0 Å². The molecule has 5 aliphatic rings. The summed E-state index contributed by atoms with van der Waals surface area (Å²) in [7, 11) is 0. The SMILES string of the molecule is C[C@H](N[C@@H]1CCc2ccccc2C1)C12C[C@@H]3C[C@@H](CC(c4ccc(Cl)cc4)(C3)C1)C2. The van der Waals surface area contributed by atoms with Gasteiger partial charge in [-0.15, -0.1) is 0 Å². The van der Waals surface area contributed by atoms with Crippen LogP contribution in [0.15, 0.2) is 48.5 Å². The molecule has 158 valence electrons. The quantitative estimate of drug-likeness (QED) is 0.580. The first kappa shape index (κ1) is 19.4. The third kappa shape index (κ3) is 3.16. The van der Waals surface area contributed by atoms with Crippen LogP contribution in [-0.2, 0) is 18.3 Å². The van der Waals surface area contributed by atoms with Gasteiger partial charge in [0.1, 0.15) is 0 Å². The van der Waals surface area contributed by atoms with Crippen molar-refractivity contribution in [3.63, 3.8) is 0 Å². The minimum Gasteiger partial charge on any atom is -0.311 e.